The Morgan fingerprint density at radius 2 is 1.81 bits per heavy atom. The summed E-state index contributed by atoms with van der Waals surface area (Å²) in [4.78, 5) is 20.1. The second kappa shape index (κ2) is 8.39. The molecule has 0 fully saturated rings. The molecule has 0 spiro atoms. The number of para-hydroxylation sites is 1. The monoisotopic (exact) mass is 383 g/mol. The van der Waals surface area contributed by atoms with E-state index in [1.807, 2.05) is 31.2 Å². The van der Waals surface area contributed by atoms with E-state index < -0.39 is 0 Å². The van der Waals surface area contributed by atoms with Crippen molar-refractivity contribution >= 4 is 23.4 Å². The van der Waals surface area contributed by atoms with Gasteiger partial charge < -0.3 is 10.3 Å². The number of hydrogen-bond acceptors (Lipinski definition) is 3. The number of carbonyl (C=O) groups excluding carboxylic acids is 1. The number of thioether (sulfide) groups is 1. The Morgan fingerprint density at radius 3 is 2.52 bits per heavy atom. The van der Waals surface area contributed by atoms with E-state index in [9.17, 15) is 9.18 Å². The van der Waals surface area contributed by atoms with Crippen LogP contribution in [-0.2, 0) is 4.79 Å². The molecule has 2 N–H and O–H groups in total. The molecule has 1 unspecified atom stereocenters. The Hall–Kier alpha value is -2.60. The van der Waals surface area contributed by atoms with E-state index in [-0.39, 0.29) is 17.0 Å². The predicted molar refractivity (Wildman–Crippen MR) is 108 cm³/mol. The molecule has 3 rings (SSSR count). The van der Waals surface area contributed by atoms with Gasteiger partial charge in [0, 0.05) is 5.69 Å². The van der Waals surface area contributed by atoms with Crippen LogP contribution in [0.4, 0.5) is 10.1 Å². The maximum Gasteiger partial charge on any atom is 0.237 e. The van der Waals surface area contributed by atoms with Crippen LogP contribution in [0.15, 0.2) is 59.9 Å². The van der Waals surface area contributed by atoms with Crippen LogP contribution in [0.1, 0.15) is 32.3 Å². The first kappa shape index (κ1) is 19.2. The predicted octanol–water partition coefficient (Wildman–Crippen LogP) is 5.46. The van der Waals surface area contributed by atoms with Gasteiger partial charge in [-0.3, -0.25) is 4.79 Å². The van der Waals surface area contributed by atoms with Crippen LogP contribution in [0.25, 0.3) is 11.3 Å². The van der Waals surface area contributed by atoms with Crippen molar-refractivity contribution in [2.75, 3.05) is 5.32 Å². The smallest absolute Gasteiger partial charge is 0.237 e. The van der Waals surface area contributed by atoms with Crippen LogP contribution in [-0.4, -0.2) is 21.1 Å². The molecule has 3 aromatic rings. The highest BCUT2D eigenvalue weighted by Crippen LogP contribution is 2.27. The van der Waals surface area contributed by atoms with Gasteiger partial charge in [0.15, 0.2) is 5.16 Å². The summed E-state index contributed by atoms with van der Waals surface area (Å²) in [6.45, 7) is 6.05. The van der Waals surface area contributed by atoms with Crippen molar-refractivity contribution in [1.29, 1.82) is 0 Å². The summed E-state index contributed by atoms with van der Waals surface area (Å²) < 4.78 is 13.1. The lowest BCUT2D eigenvalue weighted by Gasteiger charge is -2.15. The fourth-order valence-corrected chi connectivity index (χ4v) is 3.49. The molecule has 0 aliphatic heterocycles. The number of aromatic amines is 1. The number of aromatic nitrogens is 2. The fourth-order valence-electron chi connectivity index (χ4n) is 2.71. The lowest BCUT2D eigenvalue weighted by atomic mass is 10.0. The molecule has 2 aromatic carbocycles. The number of carbonyl (C=O) groups is 1. The first-order valence-corrected chi connectivity index (χ1v) is 9.69. The van der Waals surface area contributed by atoms with E-state index in [2.05, 4.69) is 29.1 Å². The van der Waals surface area contributed by atoms with Gasteiger partial charge in [0.25, 0.3) is 0 Å². The fraction of sp³-hybridized carbons (Fsp3) is 0.238. The molecule has 0 saturated carbocycles. The number of imidazole rings is 1. The maximum absolute atomic E-state index is 13.1. The van der Waals surface area contributed by atoms with E-state index in [1.54, 1.807) is 18.3 Å². The SMILES string of the molecule is CC(Sc1ncc(-c2ccc(F)cc2)[nH]1)C(=O)Nc1ccccc1C(C)C. The first-order valence-electron chi connectivity index (χ1n) is 8.81. The van der Waals surface area contributed by atoms with Gasteiger partial charge in [0.05, 0.1) is 17.1 Å². The average Bonchev–Trinajstić information content (AvgIpc) is 3.11. The maximum atomic E-state index is 13.1. The van der Waals surface area contributed by atoms with Crippen molar-refractivity contribution < 1.29 is 9.18 Å². The largest absolute Gasteiger partial charge is 0.333 e. The van der Waals surface area contributed by atoms with E-state index in [1.165, 1.54) is 23.9 Å². The highest BCUT2D eigenvalue weighted by Gasteiger charge is 2.18. The second-order valence-electron chi connectivity index (χ2n) is 6.60. The van der Waals surface area contributed by atoms with Gasteiger partial charge in [-0.2, -0.15) is 0 Å². The summed E-state index contributed by atoms with van der Waals surface area (Å²) >= 11 is 1.35. The standard InChI is InChI=1S/C21H22FN3OS/c1-13(2)17-6-4-5-7-18(17)24-20(26)14(3)27-21-23-12-19(25-21)15-8-10-16(22)11-9-15/h4-14H,1-3H3,(H,23,25)(H,24,26). The number of benzene rings is 2. The summed E-state index contributed by atoms with van der Waals surface area (Å²) in [6, 6.07) is 14.0. The molecule has 4 nitrogen and oxygen atoms in total. The van der Waals surface area contributed by atoms with Crippen LogP contribution in [0, 0.1) is 5.82 Å². The van der Waals surface area contributed by atoms with Gasteiger partial charge in [-0.25, -0.2) is 9.37 Å². The van der Waals surface area contributed by atoms with Crippen LogP contribution in [0.5, 0.6) is 0 Å². The van der Waals surface area contributed by atoms with Crippen LogP contribution >= 0.6 is 11.8 Å². The quantitative estimate of drug-likeness (QED) is 0.556. The van der Waals surface area contributed by atoms with Gasteiger partial charge in [-0.05, 0) is 54.3 Å². The first-order chi connectivity index (χ1) is 12.9. The molecular weight excluding hydrogens is 361 g/mol. The van der Waals surface area contributed by atoms with Gasteiger partial charge in [0.1, 0.15) is 5.82 Å². The number of hydrogen-bond donors (Lipinski definition) is 2. The van der Waals surface area contributed by atoms with Gasteiger partial charge in [-0.1, -0.05) is 43.8 Å². The third-order valence-electron chi connectivity index (χ3n) is 4.21. The molecule has 0 bridgehead atoms. The van der Waals surface area contributed by atoms with Crippen molar-refractivity contribution in [2.45, 2.75) is 37.1 Å². The Balaban J connectivity index is 1.66. The molecule has 140 valence electrons. The molecule has 27 heavy (non-hydrogen) atoms. The zero-order valence-corrected chi connectivity index (χ0v) is 16.3. The molecular formula is C21H22FN3OS. The van der Waals surface area contributed by atoms with Crippen LogP contribution in [0.3, 0.4) is 0 Å². The van der Waals surface area contributed by atoms with E-state index in [4.69, 9.17) is 0 Å². The zero-order valence-electron chi connectivity index (χ0n) is 15.5. The van der Waals surface area contributed by atoms with Gasteiger partial charge >= 0.3 is 0 Å². The molecule has 0 saturated heterocycles. The molecule has 1 atom stereocenters. The summed E-state index contributed by atoms with van der Waals surface area (Å²) in [5.41, 5.74) is 3.59. The summed E-state index contributed by atoms with van der Waals surface area (Å²) in [6.07, 6.45) is 1.69. The number of nitrogens with zero attached hydrogens (tertiary/aromatic N) is 1. The van der Waals surface area contributed by atoms with Crippen molar-refractivity contribution in [1.82, 2.24) is 9.97 Å². The minimum absolute atomic E-state index is 0.0761. The third kappa shape index (κ3) is 4.77. The topological polar surface area (TPSA) is 57.8 Å². The third-order valence-corrected chi connectivity index (χ3v) is 5.20. The average molecular weight is 383 g/mol. The summed E-state index contributed by atoms with van der Waals surface area (Å²) in [7, 11) is 0. The number of halogens is 1. The van der Waals surface area contributed by atoms with E-state index in [0.717, 1.165) is 22.5 Å². The highest BCUT2D eigenvalue weighted by molar-refractivity contribution is 8.00. The Morgan fingerprint density at radius 1 is 1.11 bits per heavy atom. The van der Waals surface area contributed by atoms with Gasteiger partial charge in [0.2, 0.25) is 5.91 Å². The number of H-pyrrole nitrogens is 1. The van der Waals surface area contributed by atoms with Crippen molar-refractivity contribution in [3.05, 3.63) is 66.1 Å². The minimum Gasteiger partial charge on any atom is -0.333 e. The Kier molecular flexibility index (Phi) is 5.96. The second-order valence-corrected chi connectivity index (χ2v) is 7.93. The van der Waals surface area contributed by atoms with Crippen molar-refractivity contribution in [2.24, 2.45) is 0 Å². The Labute approximate surface area is 162 Å². The zero-order chi connectivity index (χ0) is 19.4. The van der Waals surface area contributed by atoms with E-state index >= 15 is 0 Å². The number of anilines is 1. The van der Waals surface area contributed by atoms with E-state index in [0.29, 0.717) is 11.1 Å². The normalized spacial score (nSPS) is 12.2. The number of amides is 1. The van der Waals surface area contributed by atoms with Crippen molar-refractivity contribution in [3.63, 3.8) is 0 Å². The van der Waals surface area contributed by atoms with Crippen molar-refractivity contribution in [3.8, 4) is 11.3 Å². The molecule has 0 aliphatic rings. The number of rotatable bonds is 6. The minimum atomic E-state index is -0.322. The van der Waals surface area contributed by atoms with Gasteiger partial charge in [-0.15, -0.1) is 0 Å². The Bertz CT molecular complexity index is 921. The molecule has 0 radical (unpaired) electrons. The molecule has 0 aliphatic carbocycles. The molecule has 6 heteroatoms. The highest BCUT2D eigenvalue weighted by atomic mass is 32.2. The van der Waals surface area contributed by atoms with Crippen LogP contribution in [0.2, 0.25) is 0 Å². The lowest BCUT2D eigenvalue weighted by molar-refractivity contribution is -0.115. The molecule has 1 aromatic heterocycles. The molecule has 1 amide bonds. The van der Waals surface area contributed by atoms with Crippen LogP contribution < -0.4 is 5.32 Å². The summed E-state index contributed by atoms with van der Waals surface area (Å²) in [5.74, 6) is -0.0273. The summed E-state index contributed by atoms with van der Waals surface area (Å²) in [5, 5.41) is 3.34. The molecule has 1 heterocycles. The number of nitrogens with one attached hydrogen (secondary N) is 2. The lowest BCUT2D eigenvalue weighted by Crippen LogP contribution is -2.23.